The van der Waals surface area contributed by atoms with E-state index in [1.807, 2.05) is 72.8 Å². The maximum Gasteiger partial charge on any atom is 0.0737 e. The Balaban J connectivity index is 1.85. The van der Waals surface area contributed by atoms with Gasteiger partial charge in [-0.1, -0.05) is 29.3 Å². The largest absolute Gasteiger partial charge is 0.399 e. The predicted molar refractivity (Wildman–Crippen MR) is 126 cm³/mol. The van der Waals surface area contributed by atoms with Crippen LogP contribution in [0.15, 0.2) is 85.2 Å². The van der Waals surface area contributed by atoms with Crippen molar-refractivity contribution in [1.82, 2.24) is 9.97 Å². The van der Waals surface area contributed by atoms with Crippen LogP contribution in [0, 0.1) is 0 Å². The van der Waals surface area contributed by atoms with Crippen LogP contribution in [0.2, 0.25) is 10.0 Å². The molecule has 0 aliphatic carbocycles. The minimum Gasteiger partial charge on any atom is -0.399 e. The highest BCUT2D eigenvalue weighted by molar-refractivity contribution is 6.31. The fraction of sp³-hybridized carbons (Fsp3) is 0. The number of hydrogen-bond donors (Lipinski definition) is 1. The number of nitrogens with two attached hydrogens (primary N) is 1. The molecule has 0 spiro atoms. The first kappa shape index (κ1) is 18.7. The molecule has 0 radical (unpaired) electrons. The fourth-order valence-electron chi connectivity index (χ4n) is 3.67. The van der Waals surface area contributed by atoms with Crippen molar-refractivity contribution >= 4 is 67.8 Å². The number of anilines is 4. The Labute approximate surface area is 183 Å². The fourth-order valence-corrected chi connectivity index (χ4v) is 4.01. The Morgan fingerprint density at radius 2 is 1.23 bits per heavy atom. The molecule has 3 aromatic carbocycles. The zero-order chi connectivity index (χ0) is 20.7. The van der Waals surface area contributed by atoms with Gasteiger partial charge in [0.2, 0.25) is 0 Å². The number of pyridine rings is 2. The predicted octanol–water partition coefficient (Wildman–Crippen LogP) is 7.14. The molecule has 146 valence electrons. The first-order valence-electron chi connectivity index (χ1n) is 9.34. The van der Waals surface area contributed by atoms with Crippen molar-refractivity contribution in [2.45, 2.75) is 0 Å². The number of nitrogen functional groups attached to an aromatic ring is 1. The normalized spacial score (nSPS) is 11.1. The Bertz CT molecular complexity index is 1320. The number of nitrogens with zero attached hydrogens (tertiary/aromatic N) is 3. The molecule has 2 N–H and O–H groups in total. The molecule has 0 unspecified atom stereocenters. The summed E-state index contributed by atoms with van der Waals surface area (Å²) >= 11 is 12.4. The summed E-state index contributed by atoms with van der Waals surface area (Å²) in [6, 6.07) is 23.2. The minimum atomic E-state index is 0.645. The molecular formula is C24H16Cl2N4. The molecule has 0 saturated heterocycles. The standard InChI is InChI=1S/C24H16Cl2N4/c25-15-4-6-19-21(12-15)28-10-8-23(19)30(18-3-1-2-17(27)14-18)24-9-11-29-22-13-16(26)5-7-20(22)24/h1-14H,27H2. The summed E-state index contributed by atoms with van der Waals surface area (Å²) in [5.74, 6) is 0. The van der Waals surface area contributed by atoms with Crippen LogP contribution in [-0.2, 0) is 0 Å². The van der Waals surface area contributed by atoms with Gasteiger partial charge in [-0.3, -0.25) is 9.97 Å². The highest BCUT2D eigenvalue weighted by Crippen LogP contribution is 2.42. The molecule has 0 aliphatic heterocycles. The molecule has 5 aromatic rings. The van der Waals surface area contributed by atoms with Gasteiger partial charge in [-0.2, -0.15) is 0 Å². The molecule has 6 heteroatoms. The molecular weight excluding hydrogens is 415 g/mol. The van der Waals surface area contributed by atoms with Crippen molar-refractivity contribution in [3.05, 3.63) is 95.2 Å². The molecule has 2 aromatic heterocycles. The summed E-state index contributed by atoms with van der Waals surface area (Å²) in [6.07, 6.45) is 3.57. The van der Waals surface area contributed by atoms with Crippen LogP contribution in [0.4, 0.5) is 22.7 Å². The molecule has 0 fully saturated rings. The lowest BCUT2D eigenvalue weighted by molar-refractivity contribution is 1.28. The van der Waals surface area contributed by atoms with Crippen LogP contribution in [0.5, 0.6) is 0 Å². The first-order chi connectivity index (χ1) is 14.6. The number of aromatic nitrogens is 2. The van der Waals surface area contributed by atoms with E-state index in [1.165, 1.54) is 0 Å². The van der Waals surface area contributed by atoms with Crippen LogP contribution in [0.3, 0.4) is 0 Å². The van der Waals surface area contributed by atoms with Gasteiger partial charge in [0, 0.05) is 44.6 Å². The van der Waals surface area contributed by atoms with Crippen LogP contribution in [0.1, 0.15) is 0 Å². The van der Waals surface area contributed by atoms with E-state index in [2.05, 4.69) is 14.9 Å². The second kappa shape index (κ2) is 7.48. The topological polar surface area (TPSA) is 55.0 Å². The molecule has 2 heterocycles. The number of rotatable bonds is 3. The first-order valence-corrected chi connectivity index (χ1v) is 10.1. The van der Waals surface area contributed by atoms with E-state index in [0.717, 1.165) is 38.9 Å². The molecule has 0 amide bonds. The number of halogens is 2. The molecule has 0 saturated carbocycles. The van der Waals surface area contributed by atoms with Gasteiger partial charge in [0.1, 0.15) is 0 Å². The van der Waals surface area contributed by atoms with E-state index < -0.39 is 0 Å². The smallest absolute Gasteiger partial charge is 0.0737 e. The Kier molecular flexibility index (Phi) is 4.66. The van der Waals surface area contributed by atoms with Gasteiger partial charge in [0.15, 0.2) is 0 Å². The highest BCUT2D eigenvalue weighted by Gasteiger charge is 2.18. The quantitative estimate of drug-likeness (QED) is 0.309. The minimum absolute atomic E-state index is 0.645. The van der Waals surface area contributed by atoms with E-state index in [1.54, 1.807) is 12.4 Å². The Morgan fingerprint density at radius 1 is 0.667 bits per heavy atom. The number of benzene rings is 3. The molecule has 0 bridgehead atoms. The monoisotopic (exact) mass is 430 g/mol. The van der Waals surface area contributed by atoms with Crippen LogP contribution >= 0.6 is 23.2 Å². The van der Waals surface area contributed by atoms with Gasteiger partial charge >= 0.3 is 0 Å². The second-order valence-electron chi connectivity index (χ2n) is 6.91. The van der Waals surface area contributed by atoms with Gasteiger partial charge in [0.05, 0.1) is 22.4 Å². The van der Waals surface area contributed by atoms with Crippen molar-refractivity contribution in [1.29, 1.82) is 0 Å². The Morgan fingerprint density at radius 3 is 1.77 bits per heavy atom. The molecule has 0 atom stereocenters. The average Bonchev–Trinajstić information content (AvgIpc) is 2.74. The van der Waals surface area contributed by atoms with Gasteiger partial charge in [-0.15, -0.1) is 0 Å². The maximum absolute atomic E-state index is 6.21. The highest BCUT2D eigenvalue weighted by atomic mass is 35.5. The molecule has 4 nitrogen and oxygen atoms in total. The third-order valence-electron chi connectivity index (χ3n) is 4.97. The van der Waals surface area contributed by atoms with Gasteiger partial charge < -0.3 is 10.6 Å². The van der Waals surface area contributed by atoms with Crippen LogP contribution in [0.25, 0.3) is 21.8 Å². The van der Waals surface area contributed by atoms with Crippen molar-refractivity contribution < 1.29 is 0 Å². The van der Waals surface area contributed by atoms with Crippen molar-refractivity contribution in [3.8, 4) is 0 Å². The summed E-state index contributed by atoms with van der Waals surface area (Å²) in [6.45, 7) is 0. The summed E-state index contributed by atoms with van der Waals surface area (Å²) in [7, 11) is 0. The summed E-state index contributed by atoms with van der Waals surface area (Å²) in [5.41, 5.74) is 11.3. The van der Waals surface area contributed by atoms with Gasteiger partial charge in [-0.25, -0.2) is 0 Å². The van der Waals surface area contributed by atoms with E-state index in [4.69, 9.17) is 28.9 Å². The summed E-state index contributed by atoms with van der Waals surface area (Å²) in [5, 5.41) is 3.24. The van der Waals surface area contributed by atoms with Crippen LogP contribution in [-0.4, -0.2) is 9.97 Å². The zero-order valence-corrected chi connectivity index (χ0v) is 17.3. The SMILES string of the molecule is Nc1cccc(N(c2ccnc3cc(Cl)ccc23)c2ccnc3cc(Cl)ccc23)c1. The zero-order valence-electron chi connectivity index (χ0n) is 15.8. The molecule has 30 heavy (non-hydrogen) atoms. The lowest BCUT2D eigenvalue weighted by atomic mass is 10.1. The van der Waals surface area contributed by atoms with Crippen molar-refractivity contribution in [2.24, 2.45) is 0 Å². The third kappa shape index (κ3) is 3.30. The third-order valence-corrected chi connectivity index (χ3v) is 5.44. The number of hydrogen-bond acceptors (Lipinski definition) is 4. The van der Waals surface area contributed by atoms with Gasteiger partial charge in [0.25, 0.3) is 0 Å². The van der Waals surface area contributed by atoms with E-state index in [-0.39, 0.29) is 0 Å². The summed E-state index contributed by atoms with van der Waals surface area (Å²) in [4.78, 5) is 11.2. The molecule has 0 aliphatic rings. The van der Waals surface area contributed by atoms with Crippen molar-refractivity contribution in [3.63, 3.8) is 0 Å². The van der Waals surface area contributed by atoms with Gasteiger partial charge in [-0.05, 0) is 66.7 Å². The maximum atomic E-state index is 6.21. The van der Waals surface area contributed by atoms with E-state index in [0.29, 0.717) is 15.7 Å². The average molecular weight is 431 g/mol. The van der Waals surface area contributed by atoms with Crippen LogP contribution < -0.4 is 10.6 Å². The number of fused-ring (bicyclic) bond motifs is 2. The van der Waals surface area contributed by atoms with E-state index >= 15 is 0 Å². The molecule has 5 rings (SSSR count). The lowest BCUT2D eigenvalue weighted by Gasteiger charge is -2.28. The Hall–Kier alpha value is -3.34. The second-order valence-corrected chi connectivity index (χ2v) is 7.79. The summed E-state index contributed by atoms with van der Waals surface area (Å²) < 4.78 is 0. The van der Waals surface area contributed by atoms with Crippen molar-refractivity contribution in [2.75, 3.05) is 10.6 Å². The van der Waals surface area contributed by atoms with E-state index in [9.17, 15) is 0 Å². The lowest BCUT2D eigenvalue weighted by Crippen LogP contribution is -2.12.